The number of benzene rings is 1. The maximum Gasteiger partial charge on any atom is 0.335 e. The van der Waals surface area contributed by atoms with E-state index >= 15 is 0 Å². The predicted octanol–water partition coefficient (Wildman–Crippen LogP) is 2.59. The van der Waals surface area contributed by atoms with Crippen LogP contribution in [0.3, 0.4) is 0 Å². The van der Waals surface area contributed by atoms with Crippen molar-refractivity contribution >= 4 is 17.6 Å². The van der Waals surface area contributed by atoms with Crippen molar-refractivity contribution in [2.24, 2.45) is 5.92 Å². The maximum absolute atomic E-state index is 12.3. The fourth-order valence-corrected chi connectivity index (χ4v) is 3.22. The number of carboxylic acid groups (broad SMARTS) is 1. The molecule has 1 amide bonds. The zero-order chi connectivity index (χ0) is 15.5. The zero-order valence-electron chi connectivity index (χ0n) is 12.6. The molecular formula is C17H22N2O3. The second kappa shape index (κ2) is 6.48. The monoisotopic (exact) mass is 302 g/mol. The molecule has 1 saturated carbocycles. The molecular weight excluding hydrogens is 280 g/mol. The van der Waals surface area contributed by atoms with E-state index in [9.17, 15) is 9.59 Å². The van der Waals surface area contributed by atoms with Gasteiger partial charge in [0.25, 0.3) is 0 Å². The molecule has 22 heavy (non-hydrogen) atoms. The Morgan fingerprint density at radius 3 is 2.27 bits per heavy atom. The van der Waals surface area contributed by atoms with Crippen LogP contribution in [0, 0.1) is 5.92 Å². The van der Waals surface area contributed by atoms with E-state index in [1.165, 1.54) is 37.8 Å². The first kappa shape index (κ1) is 15.0. The summed E-state index contributed by atoms with van der Waals surface area (Å²) in [6.07, 6.45) is 6.02. The Morgan fingerprint density at radius 2 is 1.68 bits per heavy atom. The van der Waals surface area contributed by atoms with Crippen LogP contribution in [0.4, 0.5) is 5.69 Å². The summed E-state index contributed by atoms with van der Waals surface area (Å²) in [5, 5.41) is 11.8. The van der Waals surface area contributed by atoms with Gasteiger partial charge in [-0.05, 0) is 56.6 Å². The Kier molecular flexibility index (Phi) is 4.43. The third-order valence-corrected chi connectivity index (χ3v) is 4.60. The lowest BCUT2D eigenvalue weighted by molar-refractivity contribution is -0.117. The third-order valence-electron chi connectivity index (χ3n) is 4.60. The molecule has 5 nitrogen and oxygen atoms in total. The fraction of sp³-hybridized carbons (Fsp3) is 0.529. The Morgan fingerprint density at radius 1 is 1.05 bits per heavy atom. The number of hydrogen-bond donors (Lipinski definition) is 2. The van der Waals surface area contributed by atoms with Crippen LogP contribution in [0.25, 0.3) is 0 Å². The van der Waals surface area contributed by atoms with Crippen LogP contribution in [0.1, 0.15) is 42.5 Å². The number of anilines is 1. The summed E-state index contributed by atoms with van der Waals surface area (Å²) in [6, 6.07) is 6.71. The van der Waals surface area contributed by atoms with Gasteiger partial charge in [-0.1, -0.05) is 12.8 Å². The van der Waals surface area contributed by atoms with Crippen molar-refractivity contribution in [1.29, 1.82) is 0 Å². The van der Waals surface area contributed by atoms with Gasteiger partial charge in [-0.2, -0.15) is 0 Å². The minimum Gasteiger partial charge on any atom is -0.478 e. The molecule has 1 heterocycles. The van der Waals surface area contributed by atoms with E-state index in [1.807, 2.05) is 0 Å². The summed E-state index contributed by atoms with van der Waals surface area (Å²) >= 11 is 0. The Balaban J connectivity index is 1.53. The molecule has 0 spiro atoms. The first-order chi connectivity index (χ1) is 10.6. The summed E-state index contributed by atoms with van der Waals surface area (Å²) in [6.45, 7) is 2.23. The zero-order valence-corrected chi connectivity index (χ0v) is 12.6. The van der Waals surface area contributed by atoms with Gasteiger partial charge in [0.1, 0.15) is 0 Å². The maximum atomic E-state index is 12.3. The third kappa shape index (κ3) is 3.47. The average Bonchev–Trinajstić information content (AvgIpc) is 3.31. The number of carbonyl (C=O) groups excluding carboxylic acids is 1. The molecule has 0 aromatic heterocycles. The number of aromatic carboxylic acids is 1. The van der Waals surface area contributed by atoms with Crippen molar-refractivity contribution in [2.75, 3.05) is 18.4 Å². The number of carboxylic acids is 1. The van der Waals surface area contributed by atoms with Crippen molar-refractivity contribution in [3.8, 4) is 0 Å². The highest BCUT2D eigenvalue weighted by Gasteiger charge is 2.46. The number of rotatable bonds is 4. The van der Waals surface area contributed by atoms with Gasteiger partial charge in [-0.15, -0.1) is 0 Å². The van der Waals surface area contributed by atoms with Gasteiger partial charge < -0.3 is 10.4 Å². The topological polar surface area (TPSA) is 69.6 Å². The molecule has 2 fully saturated rings. The van der Waals surface area contributed by atoms with E-state index in [2.05, 4.69) is 10.2 Å². The molecule has 1 saturated heterocycles. The van der Waals surface area contributed by atoms with Gasteiger partial charge >= 0.3 is 5.97 Å². The van der Waals surface area contributed by atoms with Crippen LogP contribution in [0.2, 0.25) is 0 Å². The lowest BCUT2D eigenvalue weighted by Gasteiger charge is -2.19. The van der Waals surface area contributed by atoms with Crippen LogP contribution < -0.4 is 5.32 Å². The highest BCUT2D eigenvalue weighted by Crippen LogP contribution is 2.37. The Bertz CT molecular complexity index is 548. The van der Waals surface area contributed by atoms with E-state index in [-0.39, 0.29) is 17.4 Å². The molecule has 2 aliphatic rings. The molecule has 3 rings (SSSR count). The van der Waals surface area contributed by atoms with E-state index < -0.39 is 5.97 Å². The molecule has 2 N–H and O–H groups in total. The van der Waals surface area contributed by atoms with Crippen LogP contribution in [-0.4, -0.2) is 41.0 Å². The second-order valence-corrected chi connectivity index (χ2v) is 6.23. The number of nitrogens with zero attached hydrogens (tertiary/aromatic N) is 1. The van der Waals surface area contributed by atoms with Gasteiger partial charge in [0.2, 0.25) is 5.91 Å². The molecule has 1 aliphatic heterocycles. The molecule has 118 valence electrons. The van der Waals surface area contributed by atoms with Crippen molar-refractivity contribution in [3.63, 3.8) is 0 Å². The van der Waals surface area contributed by atoms with E-state index in [1.54, 1.807) is 12.1 Å². The molecule has 5 heteroatoms. The Labute approximate surface area is 130 Å². The lowest BCUT2D eigenvalue weighted by Crippen LogP contribution is -2.30. The van der Waals surface area contributed by atoms with Crippen molar-refractivity contribution in [3.05, 3.63) is 29.8 Å². The van der Waals surface area contributed by atoms with E-state index in [4.69, 9.17) is 5.11 Å². The van der Waals surface area contributed by atoms with Crippen LogP contribution in [0.5, 0.6) is 0 Å². The van der Waals surface area contributed by atoms with Gasteiger partial charge in [-0.3, -0.25) is 9.69 Å². The van der Waals surface area contributed by atoms with Crippen LogP contribution in [-0.2, 0) is 4.79 Å². The van der Waals surface area contributed by atoms with Crippen LogP contribution >= 0.6 is 0 Å². The quantitative estimate of drug-likeness (QED) is 0.897. The van der Waals surface area contributed by atoms with E-state index in [0.29, 0.717) is 11.7 Å². The molecule has 1 aromatic rings. The van der Waals surface area contributed by atoms with Crippen molar-refractivity contribution in [2.45, 2.75) is 38.1 Å². The number of hydrogen-bond acceptors (Lipinski definition) is 3. The normalized spacial score (nSPS) is 25.3. The van der Waals surface area contributed by atoms with Gasteiger partial charge in [0.15, 0.2) is 0 Å². The minimum absolute atomic E-state index is 0.0531. The van der Waals surface area contributed by atoms with Gasteiger partial charge in [0, 0.05) is 11.7 Å². The molecule has 2 atom stereocenters. The van der Waals surface area contributed by atoms with Crippen LogP contribution in [0.15, 0.2) is 24.3 Å². The van der Waals surface area contributed by atoms with Gasteiger partial charge in [-0.25, -0.2) is 4.79 Å². The molecule has 0 radical (unpaired) electrons. The molecule has 2 unspecified atom stereocenters. The highest BCUT2D eigenvalue weighted by atomic mass is 16.4. The van der Waals surface area contributed by atoms with Crippen molar-refractivity contribution in [1.82, 2.24) is 4.90 Å². The fourth-order valence-electron chi connectivity index (χ4n) is 3.22. The van der Waals surface area contributed by atoms with Gasteiger partial charge in [0.05, 0.1) is 11.5 Å². The second-order valence-electron chi connectivity index (χ2n) is 6.23. The smallest absolute Gasteiger partial charge is 0.335 e. The summed E-state index contributed by atoms with van der Waals surface area (Å²) < 4.78 is 0. The van der Waals surface area contributed by atoms with Crippen molar-refractivity contribution < 1.29 is 14.7 Å². The molecule has 0 bridgehead atoms. The van der Waals surface area contributed by atoms with E-state index in [0.717, 1.165) is 19.5 Å². The lowest BCUT2D eigenvalue weighted by atomic mass is 10.2. The molecule has 1 aliphatic carbocycles. The number of nitrogens with one attached hydrogen (secondary N) is 1. The summed E-state index contributed by atoms with van der Waals surface area (Å²) in [4.78, 5) is 25.5. The summed E-state index contributed by atoms with van der Waals surface area (Å²) in [5.41, 5.74) is 0.892. The summed E-state index contributed by atoms with van der Waals surface area (Å²) in [7, 11) is 0. The SMILES string of the molecule is O=C(O)c1ccc(NC(=O)C2CC2N2CCCCCC2)cc1. The molecule has 1 aromatic carbocycles. The largest absolute Gasteiger partial charge is 0.478 e. The number of carbonyl (C=O) groups is 2. The minimum atomic E-state index is -0.957. The number of likely N-dealkylation sites (tertiary alicyclic amines) is 1. The summed E-state index contributed by atoms with van der Waals surface area (Å²) in [5.74, 6) is -0.823. The number of amides is 1. The predicted molar refractivity (Wildman–Crippen MR) is 84.0 cm³/mol. The highest BCUT2D eigenvalue weighted by molar-refractivity contribution is 5.95. The first-order valence-electron chi connectivity index (χ1n) is 8.03. The first-order valence-corrected chi connectivity index (χ1v) is 8.03. The Hall–Kier alpha value is -1.88. The standard InChI is InChI=1S/C17H22N2O3/c20-16(18-13-7-5-12(6-8-13)17(21)22)14-11-15(14)19-9-3-1-2-4-10-19/h5-8,14-15H,1-4,9-11H2,(H,18,20)(H,21,22). The average molecular weight is 302 g/mol.